The molecule has 2 N–H and O–H groups in total. The number of rotatable bonds is 4. The largest absolute Gasteiger partial charge is 0.355 e. The van der Waals surface area contributed by atoms with Crippen molar-refractivity contribution in [2.45, 2.75) is 45.2 Å². The maximum absolute atomic E-state index is 13.2. The van der Waals surface area contributed by atoms with Gasteiger partial charge in [-0.15, -0.1) is 0 Å². The van der Waals surface area contributed by atoms with Crippen LogP contribution in [0.15, 0.2) is 18.2 Å². The molecule has 1 saturated heterocycles. The van der Waals surface area contributed by atoms with Gasteiger partial charge in [0.2, 0.25) is 11.8 Å². The number of halogens is 1. The number of carbonyl (C=O) groups is 2. The number of piperazine rings is 1. The molecule has 148 valence electrons. The molecule has 2 aliphatic rings. The van der Waals surface area contributed by atoms with Gasteiger partial charge in [-0.25, -0.2) is 0 Å². The molecule has 1 aromatic carbocycles. The molecular weight excluding hydrogens is 364 g/mol. The van der Waals surface area contributed by atoms with Crippen LogP contribution in [-0.2, 0) is 15.0 Å². The molecule has 0 saturated carbocycles. The number of nitrogens with zero attached hydrogens (tertiary/aromatic N) is 2. The number of hydrogen-bond acceptors (Lipinski definition) is 4. The van der Waals surface area contributed by atoms with Gasteiger partial charge in [0.15, 0.2) is 0 Å². The molecule has 6 nitrogen and oxygen atoms in total. The van der Waals surface area contributed by atoms with Gasteiger partial charge < -0.3 is 15.5 Å². The van der Waals surface area contributed by atoms with Crippen molar-refractivity contribution in [3.05, 3.63) is 28.8 Å². The lowest BCUT2D eigenvalue weighted by atomic mass is 9.87. The fourth-order valence-electron chi connectivity index (χ4n) is 4.04. The number of anilines is 1. The van der Waals surface area contributed by atoms with Gasteiger partial charge >= 0.3 is 0 Å². The first-order chi connectivity index (χ1) is 12.7. The smallest absolute Gasteiger partial charge is 0.241 e. The zero-order valence-corrected chi connectivity index (χ0v) is 17.3. The van der Waals surface area contributed by atoms with E-state index in [0.29, 0.717) is 30.7 Å². The van der Waals surface area contributed by atoms with Crippen molar-refractivity contribution < 1.29 is 9.59 Å². The SMILES string of the molecule is CC(=O)NC[C@H]1CNC(C)CN1CC(=O)N1CC(C)(C)c2ccc(Cl)cc21. The van der Waals surface area contributed by atoms with Crippen LogP contribution in [0.1, 0.15) is 33.3 Å². The van der Waals surface area contributed by atoms with Gasteiger partial charge in [0.25, 0.3) is 0 Å². The van der Waals surface area contributed by atoms with E-state index in [2.05, 4.69) is 36.3 Å². The molecule has 2 aliphatic heterocycles. The van der Waals surface area contributed by atoms with Crippen molar-refractivity contribution >= 4 is 29.1 Å². The van der Waals surface area contributed by atoms with E-state index in [0.717, 1.165) is 24.3 Å². The van der Waals surface area contributed by atoms with Crippen LogP contribution in [0.25, 0.3) is 0 Å². The van der Waals surface area contributed by atoms with E-state index in [1.165, 1.54) is 6.92 Å². The summed E-state index contributed by atoms with van der Waals surface area (Å²) >= 11 is 6.19. The molecule has 0 spiro atoms. The summed E-state index contributed by atoms with van der Waals surface area (Å²) in [6.45, 7) is 11.0. The van der Waals surface area contributed by atoms with Crippen molar-refractivity contribution in [2.24, 2.45) is 0 Å². The Morgan fingerprint density at radius 2 is 2.11 bits per heavy atom. The number of hydrogen-bond donors (Lipinski definition) is 2. The van der Waals surface area contributed by atoms with Crippen LogP contribution in [0, 0.1) is 0 Å². The van der Waals surface area contributed by atoms with Crippen LogP contribution >= 0.6 is 11.6 Å². The lowest BCUT2D eigenvalue weighted by molar-refractivity contribution is -0.120. The fraction of sp³-hybridized carbons (Fsp3) is 0.600. The van der Waals surface area contributed by atoms with E-state index in [1.54, 1.807) is 0 Å². The van der Waals surface area contributed by atoms with Crippen LogP contribution in [0.5, 0.6) is 0 Å². The first-order valence-electron chi connectivity index (χ1n) is 9.49. The molecule has 7 heteroatoms. The standard InChI is InChI=1S/C20H29ClN4O2/c1-13-10-24(16(8-22-13)9-23-14(2)26)11-19(27)25-12-20(3,4)17-6-5-15(21)7-18(17)25/h5-7,13,16,22H,8-12H2,1-4H3,(H,23,26)/t13?,16-/m1/s1. The Hall–Kier alpha value is -1.63. The second kappa shape index (κ2) is 7.78. The summed E-state index contributed by atoms with van der Waals surface area (Å²) in [7, 11) is 0. The van der Waals surface area contributed by atoms with Crippen molar-refractivity contribution in [3.8, 4) is 0 Å². The third-order valence-corrected chi connectivity index (χ3v) is 5.72. The molecule has 0 bridgehead atoms. The zero-order valence-electron chi connectivity index (χ0n) is 16.5. The lowest BCUT2D eigenvalue weighted by Gasteiger charge is -2.39. The van der Waals surface area contributed by atoms with Crippen LogP contribution in [0.2, 0.25) is 5.02 Å². The number of nitrogens with one attached hydrogen (secondary N) is 2. The molecule has 0 radical (unpaired) electrons. The first-order valence-corrected chi connectivity index (χ1v) is 9.87. The molecule has 3 rings (SSSR count). The van der Waals surface area contributed by atoms with Crippen LogP contribution in [-0.4, -0.2) is 61.5 Å². The minimum Gasteiger partial charge on any atom is -0.355 e. The topological polar surface area (TPSA) is 64.7 Å². The van der Waals surface area contributed by atoms with Gasteiger partial charge in [-0.05, 0) is 24.6 Å². The predicted molar refractivity (Wildman–Crippen MR) is 108 cm³/mol. The van der Waals surface area contributed by atoms with E-state index in [-0.39, 0.29) is 23.3 Å². The van der Waals surface area contributed by atoms with Gasteiger partial charge in [0, 0.05) is 61.3 Å². The summed E-state index contributed by atoms with van der Waals surface area (Å²) in [5, 5.41) is 6.95. The van der Waals surface area contributed by atoms with Crippen LogP contribution in [0.3, 0.4) is 0 Å². The van der Waals surface area contributed by atoms with Gasteiger partial charge in [-0.2, -0.15) is 0 Å². The van der Waals surface area contributed by atoms with E-state index in [9.17, 15) is 9.59 Å². The Labute approximate surface area is 166 Å². The number of carbonyl (C=O) groups excluding carboxylic acids is 2. The Balaban J connectivity index is 1.75. The van der Waals surface area contributed by atoms with E-state index in [4.69, 9.17) is 11.6 Å². The molecule has 2 heterocycles. The highest BCUT2D eigenvalue weighted by molar-refractivity contribution is 6.31. The van der Waals surface area contributed by atoms with Crippen molar-refractivity contribution in [1.82, 2.24) is 15.5 Å². The van der Waals surface area contributed by atoms with Crippen LogP contribution < -0.4 is 15.5 Å². The number of amides is 2. The summed E-state index contributed by atoms with van der Waals surface area (Å²) in [5.74, 6) is 0.0239. The molecular formula is C20H29ClN4O2. The first kappa shape index (κ1) is 20.1. The zero-order chi connectivity index (χ0) is 19.8. The molecule has 2 amide bonds. The second-order valence-electron chi connectivity index (χ2n) is 8.35. The summed E-state index contributed by atoms with van der Waals surface area (Å²) in [6.07, 6.45) is 0. The highest BCUT2D eigenvalue weighted by Gasteiger charge is 2.39. The molecule has 1 unspecified atom stereocenters. The summed E-state index contributed by atoms with van der Waals surface area (Å²) in [6, 6.07) is 6.21. The maximum atomic E-state index is 13.2. The van der Waals surface area contributed by atoms with Gasteiger partial charge in [-0.1, -0.05) is 31.5 Å². The summed E-state index contributed by atoms with van der Waals surface area (Å²) < 4.78 is 0. The van der Waals surface area contributed by atoms with Crippen LogP contribution in [0.4, 0.5) is 5.69 Å². The second-order valence-corrected chi connectivity index (χ2v) is 8.79. The van der Waals surface area contributed by atoms with Gasteiger partial charge in [0.05, 0.1) is 6.54 Å². The Morgan fingerprint density at radius 1 is 1.37 bits per heavy atom. The lowest BCUT2D eigenvalue weighted by Crippen LogP contribution is -2.60. The Morgan fingerprint density at radius 3 is 2.81 bits per heavy atom. The van der Waals surface area contributed by atoms with Crippen molar-refractivity contribution in [3.63, 3.8) is 0 Å². The molecule has 27 heavy (non-hydrogen) atoms. The van der Waals surface area contributed by atoms with E-state index in [1.807, 2.05) is 23.1 Å². The normalized spacial score (nSPS) is 24.6. The van der Waals surface area contributed by atoms with Crippen molar-refractivity contribution in [2.75, 3.05) is 37.6 Å². The monoisotopic (exact) mass is 392 g/mol. The predicted octanol–water partition coefficient (Wildman–Crippen LogP) is 1.76. The van der Waals surface area contributed by atoms with Gasteiger partial charge in [-0.3, -0.25) is 14.5 Å². The third-order valence-electron chi connectivity index (χ3n) is 5.49. The molecule has 1 fully saturated rings. The summed E-state index contributed by atoms with van der Waals surface area (Å²) in [4.78, 5) is 28.5. The average molecular weight is 393 g/mol. The molecule has 2 atom stereocenters. The highest BCUT2D eigenvalue weighted by atomic mass is 35.5. The average Bonchev–Trinajstić information content (AvgIpc) is 2.84. The van der Waals surface area contributed by atoms with Gasteiger partial charge in [0.1, 0.15) is 0 Å². The fourth-order valence-corrected chi connectivity index (χ4v) is 4.20. The number of benzene rings is 1. The molecule has 1 aromatic rings. The molecule has 0 aromatic heterocycles. The Bertz CT molecular complexity index is 737. The van der Waals surface area contributed by atoms with Crippen molar-refractivity contribution in [1.29, 1.82) is 0 Å². The number of fused-ring (bicyclic) bond motifs is 1. The van der Waals surface area contributed by atoms with E-state index < -0.39 is 0 Å². The van der Waals surface area contributed by atoms with E-state index >= 15 is 0 Å². The quantitative estimate of drug-likeness (QED) is 0.819. The minimum atomic E-state index is -0.0953. The summed E-state index contributed by atoms with van der Waals surface area (Å²) in [5.41, 5.74) is 1.98. The maximum Gasteiger partial charge on any atom is 0.241 e. The minimum absolute atomic E-state index is 0.0511. The third kappa shape index (κ3) is 4.45. The highest BCUT2D eigenvalue weighted by Crippen LogP contribution is 2.41. The molecule has 0 aliphatic carbocycles. The Kier molecular flexibility index (Phi) is 5.79.